The molecule has 0 spiro atoms. The third-order valence-corrected chi connectivity index (χ3v) is 7.95. The summed E-state index contributed by atoms with van der Waals surface area (Å²) in [6.45, 7) is 4.17. The lowest BCUT2D eigenvalue weighted by Gasteiger charge is -2.25. The fraction of sp³-hybridized carbons (Fsp3) is 0.242. The van der Waals surface area contributed by atoms with Gasteiger partial charge < -0.3 is 19.1 Å². The first-order valence-corrected chi connectivity index (χ1v) is 14.4. The van der Waals surface area contributed by atoms with Crippen LogP contribution in [0.15, 0.2) is 93.9 Å². The van der Waals surface area contributed by atoms with Gasteiger partial charge in [0, 0.05) is 19.8 Å². The van der Waals surface area contributed by atoms with E-state index in [0.717, 1.165) is 22.4 Å². The van der Waals surface area contributed by atoms with Gasteiger partial charge in [0.15, 0.2) is 16.3 Å². The van der Waals surface area contributed by atoms with Crippen molar-refractivity contribution in [2.24, 2.45) is 4.99 Å². The number of thiazole rings is 1. The van der Waals surface area contributed by atoms with Gasteiger partial charge in [0.05, 0.1) is 35.6 Å². The van der Waals surface area contributed by atoms with Crippen LogP contribution in [0.4, 0.5) is 5.69 Å². The van der Waals surface area contributed by atoms with Crippen molar-refractivity contribution >= 4 is 29.1 Å². The Labute approximate surface area is 248 Å². The van der Waals surface area contributed by atoms with Gasteiger partial charge in [-0.05, 0) is 60.9 Å². The summed E-state index contributed by atoms with van der Waals surface area (Å²) >= 11 is 1.28. The van der Waals surface area contributed by atoms with Gasteiger partial charge in [-0.3, -0.25) is 9.36 Å². The molecule has 2 heterocycles. The average Bonchev–Trinajstić information content (AvgIpc) is 3.30. The molecule has 0 bridgehead atoms. The number of hydrogen-bond donors (Lipinski definition) is 0. The van der Waals surface area contributed by atoms with Crippen molar-refractivity contribution in [2.45, 2.75) is 26.5 Å². The number of carbonyl (C=O) groups excluding carboxylic acids is 1. The molecule has 0 saturated heterocycles. The third-order valence-electron chi connectivity index (χ3n) is 6.96. The highest BCUT2D eigenvalue weighted by atomic mass is 32.1. The number of fused-ring (bicyclic) bond motifs is 1. The average molecular weight is 584 g/mol. The molecule has 4 aromatic rings. The van der Waals surface area contributed by atoms with Crippen LogP contribution in [-0.4, -0.2) is 38.3 Å². The van der Waals surface area contributed by atoms with Gasteiger partial charge in [-0.2, -0.15) is 0 Å². The van der Waals surface area contributed by atoms with Gasteiger partial charge >= 0.3 is 5.97 Å². The van der Waals surface area contributed by atoms with Crippen molar-refractivity contribution < 1.29 is 19.0 Å². The Bertz CT molecular complexity index is 1810. The van der Waals surface area contributed by atoms with Crippen molar-refractivity contribution in [3.05, 3.63) is 120 Å². The number of esters is 1. The molecule has 9 heteroatoms. The maximum atomic E-state index is 13.9. The van der Waals surface area contributed by atoms with E-state index >= 15 is 0 Å². The van der Waals surface area contributed by atoms with E-state index in [1.165, 1.54) is 11.3 Å². The van der Waals surface area contributed by atoms with Crippen LogP contribution < -0.4 is 29.3 Å². The molecule has 1 aliphatic rings. The molecule has 8 nitrogen and oxygen atoms in total. The van der Waals surface area contributed by atoms with E-state index in [1.54, 1.807) is 25.5 Å². The summed E-state index contributed by atoms with van der Waals surface area (Å²) in [6, 6.07) is 22.6. The van der Waals surface area contributed by atoms with Crippen molar-refractivity contribution in [2.75, 3.05) is 32.7 Å². The summed E-state index contributed by atoms with van der Waals surface area (Å²) in [7, 11) is 5.51. The number of carbonyl (C=O) groups is 1. The second-order valence-electron chi connectivity index (χ2n) is 9.97. The van der Waals surface area contributed by atoms with Crippen LogP contribution in [-0.2, 0) is 16.1 Å². The molecule has 3 aromatic carbocycles. The zero-order valence-corrected chi connectivity index (χ0v) is 25.1. The molecular formula is C33H33N3O5S. The highest BCUT2D eigenvalue weighted by Gasteiger charge is 2.33. The number of anilines is 1. The lowest BCUT2D eigenvalue weighted by atomic mass is 9.95. The molecule has 1 atom stereocenters. The van der Waals surface area contributed by atoms with Crippen LogP contribution in [0.1, 0.15) is 36.6 Å². The molecule has 5 rings (SSSR count). The minimum atomic E-state index is -0.665. The Hall–Kier alpha value is -4.63. The lowest BCUT2D eigenvalue weighted by Crippen LogP contribution is -2.39. The molecule has 0 saturated carbocycles. The van der Waals surface area contributed by atoms with E-state index in [2.05, 4.69) is 4.99 Å². The smallest absolute Gasteiger partial charge is 0.338 e. The molecule has 0 fully saturated rings. The summed E-state index contributed by atoms with van der Waals surface area (Å²) in [4.78, 5) is 34.3. The monoisotopic (exact) mass is 583 g/mol. The topological polar surface area (TPSA) is 82.4 Å². The van der Waals surface area contributed by atoms with Crippen molar-refractivity contribution in [3.63, 3.8) is 0 Å². The first-order valence-electron chi connectivity index (χ1n) is 13.6. The van der Waals surface area contributed by atoms with E-state index < -0.39 is 12.0 Å². The summed E-state index contributed by atoms with van der Waals surface area (Å²) in [6.07, 6.45) is 1.81. The Balaban J connectivity index is 1.55. The number of hydrogen-bond acceptors (Lipinski definition) is 8. The maximum absolute atomic E-state index is 13.9. The number of aromatic nitrogens is 1. The van der Waals surface area contributed by atoms with Crippen LogP contribution in [0.2, 0.25) is 0 Å². The molecule has 216 valence electrons. The Morgan fingerprint density at radius 1 is 1.05 bits per heavy atom. The Morgan fingerprint density at radius 2 is 1.79 bits per heavy atom. The molecule has 0 amide bonds. The number of allylic oxidation sites excluding steroid dienone is 1. The number of nitrogens with zero attached hydrogens (tertiary/aromatic N) is 3. The second kappa shape index (κ2) is 12.5. The van der Waals surface area contributed by atoms with Crippen LogP contribution in [0.5, 0.6) is 11.5 Å². The summed E-state index contributed by atoms with van der Waals surface area (Å²) in [5.41, 5.74) is 4.28. The summed E-state index contributed by atoms with van der Waals surface area (Å²) in [5.74, 6) is 0.688. The van der Waals surface area contributed by atoms with Crippen molar-refractivity contribution in [1.82, 2.24) is 4.57 Å². The quantitative estimate of drug-likeness (QED) is 0.271. The molecule has 1 aliphatic heterocycles. The van der Waals surface area contributed by atoms with Gasteiger partial charge in [-0.25, -0.2) is 9.79 Å². The number of methoxy groups -OCH3 is 1. The highest BCUT2D eigenvalue weighted by molar-refractivity contribution is 7.07. The lowest BCUT2D eigenvalue weighted by molar-refractivity contribution is -0.139. The van der Waals surface area contributed by atoms with Gasteiger partial charge in [0.1, 0.15) is 6.61 Å². The normalized spacial score (nSPS) is 14.7. The summed E-state index contributed by atoms with van der Waals surface area (Å²) in [5, 5.41) is 0. The zero-order valence-electron chi connectivity index (χ0n) is 24.3. The fourth-order valence-corrected chi connectivity index (χ4v) is 5.89. The number of ether oxygens (including phenoxy) is 3. The Morgan fingerprint density at radius 3 is 2.45 bits per heavy atom. The van der Waals surface area contributed by atoms with Crippen molar-refractivity contribution in [3.8, 4) is 11.5 Å². The predicted molar refractivity (Wildman–Crippen MR) is 165 cm³/mol. The first-order chi connectivity index (χ1) is 20.3. The standard InChI is InChI=1S/C33H33N3O5S/c1-6-40-32(38)29-21(2)34-33-36(30(29)24-13-15-25(16-14-24)35(3)4)31(37)28(42-33)19-23-12-17-26(27(18-23)39-5)41-20-22-10-8-7-9-11-22/h7-19,30H,6,20H2,1-5H3/b28-19-. The van der Waals surface area contributed by atoms with E-state index in [0.29, 0.717) is 38.7 Å². The van der Waals surface area contributed by atoms with Gasteiger partial charge in [-0.15, -0.1) is 0 Å². The SMILES string of the molecule is CCOC(=O)C1=C(C)N=c2s/c(=C\c3ccc(OCc4ccccc4)c(OC)c3)c(=O)n2C1c1ccc(N(C)C)cc1. The Kier molecular flexibility index (Phi) is 8.59. The van der Waals surface area contributed by atoms with E-state index in [4.69, 9.17) is 14.2 Å². The van der Waals surface area contributed by atoms with E-state index in [-0.39, 0.29) is 12.2 Å². The first kappa shape index (κ1) is 28.9. The molecular weight excluding hydrogens is 550 g/mol. The summed E-state index contributed by atoms with van der Waals surface area (Å²) < 4.78 is 19.1. The van der Waals surface area contributed by atoms with Crippen molar-refractivity contribution in [1.29, 1.82) is 0 Å². The van der Waals surface area contributed by atoms with Gasteiger partial charge in [0.25, 0.3) is 5.56 Å². The minimum absolute atomic E-state index is 0.221. The molecule has 1 aromatic heterocycles. The molecule has 42 heavy (non-hydrogen) atoms. The van der Waals surface area contributed by atoms with Crippen LogP contribution in [0.3, 0.4) is 0 Å². The van der Waals surface area contributed by atoms with E-state index in [9.17, 15) is 9.59 Å². The minimum Gasteiger partial charge on any atom is -0.493 e. The third kappa shape index (κ3) is 5.87. The maximum Gasteiger partial charge on any atom is 0.338 e. The molecule has 1 unspecified atom stereocenters. The second-order valence-corrected chi connectivity index (χ2v) is 11.0. The van der Waals surface area contributed by atoms with Gasteiger partial charge in [-0.1, -0.05) is 59.9 Å². The number of rotatable bonds is 9. The predicted octanol–water partition coefficient (Wildman–Crippen LogP) is 4.45. The molecule has 0 aliphatic carbocycles. The number of benzene rings is 3. The fourth-order valence-electron chi connectivity index (χ4n) is 4.84. The zero-order chi connectivity index (χ0) is 29.8. The van der Waals surface area contributed by atoms with Crippen LogP contribution >= 0.6 is 11.3 Å². The molecule has 0 N–H and O–H groups in total. The van der Waals surface area contributed by atoms with Crippen LogP contribution in [0, 0.1) is 0 Å². The van der Waals surface area contributed by atoms with Crippen LogP contribution in [0.25, 0.3) is 6.08 Å². The van der Waals surface area contributed by atoms with Gasteiger partial charge in [0.2, 0.25) is 0 Å². The highest BCUT2D eigenvalue weighted by Crippen LogP contribution is 2.32. The van der Waals surface area contributed by atoms with E-state index in [1.807, 2.05) is 97.9 Å². The largest absolute Gasteiger partial charge is 0.493 e. The molecule has 0 radical (unpaired) electrons.